The Morgan fingerprint density at radius 3 is 2.57 bits per heavy atom. The SMILES string of the molecule is Cc1cc(Oc2ccccc2I)ccc1CNCC(C)C. The van der Waals surface area contributed by atoms with E-state index in [2.05, 4.69) is 60.8 Å². The molecule has 21 heavy (non-hydrogen) atoms. The molecule has 0 amide bonds. The molecule has 0 aliphatic heterocycles. The Morgan fingerprint density at radius 2 is 1.90 bits per heavy atom. The molecule has 0 aromatic heterocycles. The predicted octanol–water partition coefficient (Wildman–Crippen LogP) is 5.14. The van der Waals surface area contributed by atoms with Gasteiger partial charge < -0.3 is 10.1 Å². The molecule has 0 heterocycles. The molecule has 0 unspecified atom stereocenters. The van der Waals surface area contributed by atoms with E-state index in [1.165, 1.54) is 11.1 Å². The quantitative estimate of drug-likeness (QED) is 0.685. The smallest absolute Gasteiger partial charge is 0.140 e. The van der Waals surface area contributed by atoms with Crippen molar-refractivity contribution in [1.82, 2.24) is 5.32 Å². The summed E-state index contributed by atoms with van der Waals surface area (Å²) >= 11 is 2.29. The number of ether oxygens (including phenoxy) is 1. The normalized spacial score (nSPS) is 10.9. The highest BCUT2D eigenvalue weighted by molar-refractivity contribution is 14.1. The van der Waals surface area contributed by atoms with E-state index in [1.807, 2.05) is 30.3 Å². The number of hydrogen-bond donors (Lipinski definition) is 1. The van der Waals surface area contributed by atoms with E-state index in [0.717, 1.165) is 28.2 Å². The highest BCUT2D eigenvalue weighted by atomic mass is 127. The van der Waals surface area contributed by atoms with Gasteiger partial charge in [0.25, 0.3) is 0 Å². The van der Waals surface area contributed by atoms with E-state index in [-0.39, 0.29) is 0 Å². The van der Waals surface area contributed by atoms with Crippen molar-refractivity contribution in [2.75, 3.05) is 6.54 Å². The second-order valence-electron chi connectivity index (χ2n) is 5.65. The summed E-state index contributed by atoms with van der Waals surface area (Å²) in [5.74, 6) is 2.47. The maximum absolute atomic E-state index is 5.96. The third kappa shape index (κ3) is 5.00. The van der Waals surface area contributed by atoms with Crippen molar-refractivity contribution in [2.45, 2.75) is 27.3 Å². The first-order chi connectivity index (χ1) is 10.1. The summed E-state index contributed by atoms with van der Waals surface area (Å²) < 4.78 is 7.08. The largest absolute Gasteiger partial charge is 0.456 e. The third-order valence-electron chi connectivity index (χ3n) is 3.25. The Balaban J connectivity index is 2.03. The molecule has 2 rings (SSSR count). The van der Waals surface area contributed by atoms with Crippen LogP contribution in [0.3, 0.4) is 0 Å². The number of hydrogen-bond acceptors (Lipinski definition) is 2. The Morgan fingerprint density at radius 1 is 1.14 bits per heavy atom. The highest BCUT2D eigenvalue weighted by Crippen LogP contribution is 2.27. The first-order valence-corrected chi connectivity index (χ1v) is 8.36. The van der Waals surface area contributed by atoms with Gasteiger partial charge in [0, 0.05) is 6.54 Å². The number of nitrogens with one attached hydrogen (secondary N) is 1. The lowest BCUT2D eigenvalue weighted by atomic mass is 10.1. The Bertz CT molecular complexity index is 596. The number of benzene rings is 2. The van der Waals surface area contributed by atoms with Crippen LogP contribution in [-0.4, -0.2) is 6.54 Å². The molecule has 0 bridgehead atoms. The van der Waals surface area contributed by atoms with Gasteiger partial charge in [-0.1, -0.05) is 32.0 Å². The monoisotopic (exact) mass is 395 g/mol. The average molecular weight is 395 g/mol. The molecule has 112 valence electrons. The van der Waals surface area contributed by atoms with Gasteiger partial charge in [-0.2, -0.15) is 0 Å². The highest BCUT2D eigenvalue weighted by Gasteiger charge is 2.04. The standard InChI is InChI=1S/C18H22INO/c1-13(2)11-20-12-15-8-9-16(10-14(15)3)21-18-7-5-4-6-17(18)19/h4-10,13,20H,11-12H2,1-3H3. The second-order valence-corrected chi connectivity index (χ2v) is 6.81. The number of halogens is 1. The molecule has 0 aliphatic carbocycles. The fourth-order valence-electron chi connectivity index (χ4n) is 2.08. The minimum Gasteiger partial charge on any atom is -0.456 e. The molecule has 0 aliphatic rings. The Kier molecular flexibility index (Phi) is 6.06. The zero-order chi connectivity index (χ0) is 15.2. The van der Waals surface area contributed by atoms with Gasteiger partial charge in [0.1, 0.15) is 11.5 Å². The molecule has 2 aromatic carbocycles. The molecular weight excluding hydrogens is 373 g/mol. The van der Waals surface area contributed by atoms with Gasteiger partial charge in [-0.3, -0.25) is 0 Å². The molecule has 1 N–H and O–H groups in total. The van der Waals surface area contributed by atoms with Crippen LogP contribution in [0.4, 0.5) is 0 Å². The van der Waals surface area contributed by atoms with Crippen LogP contribution in [0.5, 0.6) is 11.5 Å². The van der Waals surface area contributed by atoms with Gasteiger partial charge in [0.2, 0.25) is 0 Å². The van der Waals surface area contributed by atoms with E-state index in [9.17, 15) is 0 Å². The molecule has 2 nitrogen and oxygen atoms in total. The Hall–Kier alpha value is -1.07. The summed E-state index contributed by atoms with van der Waals surface area (Å²) in [4.78, 5) is 0. The zero-order valence-corrected chi connectivity index (χ0v) is 15.0. The summed E-state index contributed by atoms with van der Waals surface area (Å²) in [6, 6.07) is 14.4. The van der Waals surface area contributed by atoms with Gasteiger partial charge in [0.15, 0.2) is 0 Å². The van der Waals surface area contributed by atoms with Crippen molar-refractivity contribution in [3.05, 3.63) is 57.2 Å². The zero-order valence-electron chi connectivity index (χ0n) is 12.8. The van der Waals surface area contributed by atoms with Gasteiger partial charge in [0.05, 0.1) is 3.57 Å². The van der Waals surface area contributed by atoms with Crippen LogP contribution < -0.4 is 10.1 Å². The van der Waals surface area contributed by atoms with E-state index in [4.69, 9.17) is 4.74 Å². The molecule has 0 radical (unpaired) electrons. The fourth-order valence-corrected chi connectivity index (χ4v) is 2.58. The van der Waals surface area contributed by atoms with Crippen LogP contribution in [-0.2, 0) is 6.54 Å². The molecule has 0 saturated heterocycles. The topological polar surface area (TPSA) is 21.3 Å². The lowest BCUT2D eigenvalue weighted by Crippen LogP contribution is -2.19. The summed E-state index contributed by atoms with van der Waals surface area (Å²) in [5.41, 5.74) is 2.58. The van der Waals surface area contributed by atoms with Gasteiger partial charge in [-0.25, -0.2) is 0 Å². The summed E-state index contributed by atoms with van der Waals surface area (Å²) in [7, 11) is 0. The van der Waals surface area contributed by atoms with Crippen molar-refractivity contribution in [3.63, 3.8) is 0 Å². The molecule has 0 spiro atoms. The third-order valence-corrected chi connectivity index (χ3v) is 4.14. The lowest BCUT2D eigenvalue weighted by molar-refractivity contribution is 0.478. The van der Waals surface area contributed by atoms with Crippen molar-refractivity contribution >= 4 is 22.6 Å². The van der Waals surface area contributed by atoms with Crippen LogP contribution in [0.15, 0.2) is 42.5 Å². The van der Waals surface area contributed by atoms with Crippen LogP contribution in [0.1, 0.15) is 25.0 Å². The van der Waals surface area contributed by atoms with Gasteiger partial charge >= 0.3 is 0 Å². The summed E-state index contributed by atoms with van der Waals surface area (Å²) in [6.07, 6.45) is 0. The van der Waals surface area contributed by atoms with Crippen molar-refractivity contribution in [2.24, 2.45) is 5.92 Å². The molecule has 0 saturated carbocycles. The van der Waals surface area contributed by atoms with Crippen LogP contribution in [0.2, 0.25) is 0 Å². The first kappa shape index (κ1) is 16.3. The minimum absolute atomic E-state index is 0.674. The molecule has 3 heteroatoms. The fraction of sp³-hybridized carbons (Fsp3) is 0.333. The first-order valence-electron chi connectivity index (χ1n) is 7.29. The van der Waals surface area contributed by atoms with E-state index in [1.54, 1.807) is 0 Å². The van der Waals surface area contributed by atoms with Crippen molar-refractivity contribution < 1.29 is 4.74 Å². The lowest BCUT2D eigenvalue weighted by Gasteiger charge is -2.12. The van der Waals surface area contributed by atoms with Crippen LogP contribution >= 0.6 is 22.6 Å². The van der Waals surface area contributed by atoms with E-state index in [0.29, 0.717) is 5.92 Å². The van der Waals surface area contributed by atoms with Crippen LogP contribution in [0, 0.1) is 16.4 Å². The number of rotatable bonds is 6. The molecule has 0 atom stereocenters. The summed E-state index contributed by atoms with van der Waals surface area (Å²) in [6.45, 7) is 8.53. The maximum Gasteiger partial charge on any atom is 0.140 e. The minimum atomic E-state index is 0.674. The van der Waals surface area contributed by atoms with Gasteiger partial charge in [-0.05, 0) is 77.4 Å². The molecular formula is C18H22INO. The van der Waals surface area contributed by atoms with Crippen molar-refractivity contribution in [1.29, 1.82) is 0 Å². The molecule has 0 fully saturated rings. The Labute approximate surface area is 141 Å². The van der Waals surface area contributed by atoms with E-state index < -0.39 is 0 Å². The second kappa shape index (κ2) is 7.80. The number of para-hydroxylation sites is 1. The number of aryl methyl sites for hydroxylation is 1. The van der Waals surface area contributed by atoms with Gasteiger partial charge in [-0.15, -0.1) is 0 Å². The molecule has 2 aromatic rings. The van der Waals surface area contributed by atoms with Crippen LogP contribution in [0.25, 0.3) is 0 Å². The predicted molar refractivity (Wildman–Crippen MR) is 97.0 cm³/mol. The maximum atomic E-state index is 5.96. The van der Waals surface area contributed by atoms with Crippen molar-refractivity contribution in [3.8, 4) is 11.5 Å². The van der Waals surface area contributed by atoms with E-state index >= 15 is 0 Å². The average Bonchev–Trinajstić information content (AvgIpc) is 2.43. The summed E-state index contributed by atoms with van der Waals surface area (Å²) in [5, 5.41) is 3.48.